The Labute approximate surface area is 184 Å². The SMILES string of the molecule is CNC(=O)/C=C1/CCc2c(OC[C@H]3CCCN3c3ncnc4[nH]cnc34)cccc2C1=O. The Kier molecular flexibility index (Phi) is 5.30. The predicted molar refractivity (Wildman–Crippen MR) is 119 cm³/mol. The number of H-pyrrole nitrogens is 1. The third-order valence-electron chi connectivity index (χ3n) is 6.14. The minimum Gasteiger partial charge on any atom is -0.491 e. The summed E-state index contributed by atoms with van der Waals surface area (Å²) in [6.45, 7) is 1.37. The maximum absolute atomic E-state index is 12.9. The number of carbonyl (C=O) groups is 2. The minimum atomic E-state index is -0.263. The van der Waals surface area contributed by atoms with Crippen molar-refractivity contribution in [3.8, 4) is 5.75 Å². The number of likely N-dealkylation sites (N-methyl/N-ethyl adjacent to an activating group) is 1. The molecule has 3 heterocycles. The molecule has 1 aliphatic heterocycles. The van der Waals surface area contributed by atoms with Crippen molar-refractivity contribution in [3.05, 3.63) is 53.6 Å². The van der Waals surface area contributed by atoms with Crippen LogP contribution in [0.4, 0.5) is 5.82 Å². The molecule has 0 spiro atoms. The highest BCUT2D eigenvalue weighted by molar-refractivity contribution is 6.13. The summed E-state index contributed by atoms with van der Waals surface area (Å²) in [5.41, 5.74) is 3.53. The molecule has 32 heavy (non-hydrogen) atoms. The molecular weight excluding hydrogens is 408 g/mol. The predicted octanol–water partition coefficient (Wildman–Crippen LogP) is 2.20. The number of hydrogen-bond donors (Lipinski definition) is 2. The van der Waals surface area contributed by atoms with Crippen LogP contribution in [0.3, 0.4) is 0 Å². The highest BCUT2D eigenvalue weighted by Gasteiger charge is 2.30. The maximum atomic E-state index is 12.9. The number of imidazole rings is 1. The number of aromatic amines is 1. The number of aromatic nitrogens is 4. The van der Waals surface area contributed by atoms with Gasteiger partial charge < -0.3 is 19.9 Å². The first kappa shape index (κ1) is 20.2. The zero-order valence-corrected chi connectivity index (χ0v) is 17.8. The summed E-state index contributed by atoms with van der Waals surface area (Å²) in [6, 6.07) is 5.70. The van der Waals surface area contributed by atoms with E-state index in [1.807, 2.05) is 12.1 Å². The van der Waals surface area contributed by atoms with Crippen LogP contribution in [0.15, 0.2) is 42.5 Å². The fourth-order valence-electron chi connectivity index (χ4n) is 4.52. The van der Waals surface area contributed by atoms with E-state index < -0.39 is 0 Å². The number of rotatable bonds is 5. The Morgan fingerprint density at radius 2 is 2.22 bits per heavy atom. The molecule has 3 aromatic rings. The number of amides is 1. The summed E-state index contributed by atoms with van der Waals surface area (Å²) in [5.74, 6) is 1.18. The molecule has 1 aromatic carbocycles. The normalized spacial score (nSPS) is 19.4. The first-order chi connectivity index (χ1) is 15.7. The number of ether oxygens (including phenoxy) is 1. The zero-order chi connectivity index (χ0) is 22.1. The number of carbonyl (C=O) groups excluding carboxylic acids is 2. The molecule has 2 N–H and O–H groups in total. The van der Waals surface area contributed by atoms with E-state index in [-0.39, 0.29) is 17.7 Å². The second-order valence-corrected chi connectivity index (χ2v) is 7.99. The monoisotopic (exact) mass is 432 g/mol. The lowest BCUT2D eigenvalue weighted by Gasteiger charge is -2.27. The fraction of sp³-hybridized carbons (Fsp3) is 0.348. The summed E-state index contributed by atoms with van der Waals surface area (Å²) in [5, 5.41) is 2.53. The van der Waals surface area contributed by atoms with E-state index in [9.17, 15) is 9.59 Å². The lowest BCUT2D eigenvalue weighted by Crippen LogP contribution is -2.35. The number of nitrogens with one attached hydrogen (secondary N) is 2. The van der Waals surface area contributed by atoms with Crippen molar-refractivity contribution in [2.45, 2.75) is 31.7 Å². The van der Waals surface area contributed by atoms with E-state index in [1.165, 1.54) is 6.08 Å². The molecule has 0 bridgehead atoms. The van der Waals surface area contributed by atoms with Crippen LogP contribution >= 0.6 is 0 Å². The lowest BCUT2D eigenvalue weighted by molar-refractivity contribution is -0.116. The van der Waals surface area contributed by atoms with Crippen LogP contribution in [0.25, 0.3) is 11.2 Å². The van der Waals surface area contributed by atoms with Crippen molar-refractivity contribution in [2.75, 3.05) is 25.1 Å². The van der Waals surface area contributed by atoms with Gasteiger partial charge in [0.05, 0.1) is 12.4 Å². The van der Waals surface area contributed by atoms with Crippen LogP contribution in [0.1, 0.15) is 35.2 Å². The molecule has 5 rings (SSSR count). The topological polar surface area (TPSA) is 113 Å². The smallest absolute Gasteiger partial charge is 0.244 e. The van der Waals surface area contributed by atoms with Gasteiger partial charge in [-0.25, -0.2) is 15.0 Å². The number of benzene rings is 1. The zero-order valence-electron chi connectivity index (χ0n) is 17.8. The largest absolute Gasteiger partial charge is 0.491 e. The second kappa shape index (κ2) is 8.41. The summed E-state index contributed by atoms with van der Waals surface area (Å²) >= 11 is 0. The highest BCUT2D eigenvalue weighted by Crippen LogP contribution is 2.33. The van der Waals surface area contributed by atoms with Crippen LogP contribution in [0.2, 0.25) is 0 Å². The number of nitrogens with zero attached hydrogens (tertiary/aromatic N) is 4. The van der Waals surface area contributed by atoms with Gasteiger partial charge in [-0.3, -0.25) is 9.59 Å². The molecule has 0 unspecified atom stereocenters. The van der Waals surface area contributed by atoms with Crippen LogP contribution < -0.4 is 15.0 Å². The van der Waals surface area contributed by atoms with Crippen LogP contribution in [-0.2, 0) is 11.2 Å². The maximum Gasteiger partial charge on any atom is 0.244 e. The Morgan fingerprint density at radius 1 is 1.31 bits per heavy atom. The Bertz CT molecular complexity index is 1220. The average Bonchev–Trinajstić information content (AvgIpc) is 3.48. The van der Waals surface area contributed by atoms with Gasteiger partial charge in [0.15, 0.2) is 17.2 Å². The first-order valence-corrected chi connectivity index (χ1v) is 10.8. The van der Waals surface area contributed by atoms with Gasteiger partial charge in [-0.05, 0) is 31.7 Å². The third-order valence-corrected chi connectivity index (χ3v) is 6.14. The van der Waals surface area contributed by atoms with Gasteiger partial charge in [0.25, 0.3) is 0 Å². The third kappa shape index (κ3) is 3.59. The number of Topliss-reactive ketones (excluding diaryl/α,β-unsaturated/α-hetero) is 1. The van der Waals surface area contributed by atoms with E-state index in [4.69, 9.17) is 4.74 Å². The van der Waals surface area contributed by atoms with Crippen molar-refractivity contribution in [1.29, 1.82) is 0 Å². The molecule has 1 saturated heterocycles. The second-order valence-electron chi connectivity index (χ2n) is 7.99. The quantitative estimate of drug-likeness (QED) is 0.594. The summed E-state index contributed by atoms with van der Waals surface area (Å²) < 4.78 is 6.26. The molecule has 2 aromatic heterocycles. The fourth-order valence-corrected chi connectivity index (χ4v) is 4.52. The van der Waals surface area contributed by atoms with Crippen molar-refractivity contribution in [3.63, 3.8) is 0 Å². The number of anilines is 1. The standard InChI is InChI=1S/C23H24N6O3/c1-24-19(30)10-14-7-8-16-17(21(14)31)5-2-6-18(16)32-11-15-4-3-9-29(15)23-20-22(26-12-25-20)27-13-28-23/h2,5-6,10,12-13,15H,3-4,7-9,11H2,1H3,(H,24,30)(H,25,26,27,28)/b14-10-/t15-/m1/s1. The van der Waals surface area contributed by atoms with Gasteiger partial charge in [0.1, 0.15) is 24.2 Å². The number of ketones is 1. The highest BCUT2D eigenvalue weighted by atomic mass is 16.5. The Hall–Kier alpha value is -3.75. The van der Waals surface area contributed by atoms with E-state index >= 15 is 0 Å². The van der Waals surface area contributed by atoms with Gasteiger partial charge in [-0.1, -0.05) is 12.1 Å². The number of hydrogen-bond acceptors (Lipinski definition) is 7. The molecule has 0 saturated carbocycles. The van der Waals surface area contributed by atoms with Crippen molar-refractivity contribution >= 4 is 28.7 Å². The van der Waals surface area contributed by atoms with Crippen molar-refractivity contribution in [2.24, 2.45) is 0 Å². The number of allylic oxidation sites excluding steroid dienone is 1. The molecule has 0 radical (unpaired) electrons. The molecule has 9 nitrogen and oxygen atoms in total. The van der Waals surface area contributed by atoms with Crippen molar-refractivity contribution in [1.82, 2.24) is 25.3 Å². The first-order valence-electron chi connectivity index (χ1n) is 10.8. The van der Waals surface area contributed by atoms with Crippen LogP contribution in [-0.4, -0.2) is 57.9 Å². The molecule has 164 valence electrons. The Balaban J connectivity index is 1.35. The Morgan fingerprint density at radius 3 is 3.09 bits per heavy atom. The summed E-state index contributed by atoms with van der Waals surface area (Å²) in [6.07, 6.45) is 7.79. The van der Waals surface area contributed by atoms with E-state index in [1.54, 1.807) is 25.8 Å². The van der Waals surface area contributed by atoms with Crippen LogP contribution in [0, 0.1) is 0 Å². The van der Waals surface area contributed by atoms with Gasteiger partial charge in [-0.2, -0.15) is 0 Å². The number of fused-ring (bicyclic) bond motifs is 2. The molecule has 2 aliphatic rings. The molecule has 1 aliphatic carbocycles. The van der Waals surface area contributed by atoms with Gasteiger partial charge >= 0.3 is 0 Å². The van der Waals surface area contributed by atoms with Gasteiger partial charge in [0.2, 0.25) is 5.91 Å². The lowest BCUT2D eigenvalue weighted by atomic mass is 9.86. The van der Waals surface area contributed by atoms with Gasteiger partial charge in [-0.15, -0.1) is 0 Å². The molecular formula is C23H24N6O3. The van der Waals surface area contributed by atoms with Crippen molar-refractivity contribution < 1.29 is 14.3 Å². The minimum absolute atomic E-state index is 0.107. The summed E-state index contributed by atoms with van der Waals surface area (Å²) in [4.78, 5) is 42.9. The molecule has 1 atom stereocenters. The van der Waals surface area contributed by atoms with E-state index in [0.29, 0.717) is 30.6 Å². The molecule has 1 fully saturated rings. The van der Waals surface area contributed by atoms with E-state index in [0.717, 1.165) is 47.7 Å². The van der Waals surface area contributed by atoms with Crippen LogP contribution in [0.5, 0.6) is 5.75 Å². The molecule has 1 amide bonds. The summed E-state index contributed by atoms with van der Waals surface area (Å²) in [7, 11) is 1.55. The van der Waals surface area contributed by atoms with E-state index in [2.05, 4.69) is 30.2 Å². The average molecular weight is 432 g/mol. The van der Waals surface area contributed by atoms with Gasteiger partial charge in [0, 0.05) is 36.4 Å². The molecule has 9 heteroatoms.